The fourth-order valence-corrected chi connectivity index (χ4v) is 2.36. The molecule has 0 aromatic carbocycles. The van der Waals surface area contributed by atoms with Gasteiger partial charge in [-0.25, -0.2) is 9.78 Å². The number of nitrogens with one attached hydrogen (secondary N) is 1. The molecule has 5 nitrogen and oxygen atoms in total. The Morgan fingerprint density at radius 3 is 2.89 bits per heavy atom. The zero-order chi connectivity index (χ0) is 13.0. The summed E-state index contributed by atoms with van der Waals surface area (Å²) in [5.74, 6) is 0.00531. The Morgan fingerprint density at radius 1 is 1.56 bits per heavy atom. The number of carboxylic acids is 1. The van der Waals surface area contributed by atoms with Gasteiger partial charge in [0.15, 0.2) is 0 Å². The first-order valence-corrected chi connectivity index (χ1v) is 6.68. The number of nitrogens with zero attached hydrogens (tertiary/aromatic N) is 1. The lowest BCUT2D eigenvalue weighted by molar-refractivity contribution is 0.0696. The predicted molar refractivity (Wildman–Crippen MR) is 70.0 cm³/mol. The summed E-state index contributed by atoms with van der Waals surface area (Å²) >= 11 is 3.28. The Bertz CT molecular complexity index is 433. The van der Waals surface area contributed by atoms with E-state index in [4.69, 9.17) is 9.84 Å². The summed E-state index contributed by atoms with van der Waals surface area (Å²) in [7, 11) is 0. The van der Waals surface area contributed by atoms with Crippen LogP contribution in [0.2, 0.25) is 0 Å². The van der Waals surface area contributed by atoms with Crippen LogP contribution in [-0.2, 0) is 0 Å². The van der Waals surface area contributed by atoms with Gasteiger partial charge >= 0.3 is 5.97 Å². The summed E-state index contributed by atoms with van der Waals surface area (Å²) in [6, 6.07) is 1.51. The zero-order valence-corrected chi connectivity index (χ0v) is 11.4. The molecule has 0 radical (unpaired) electrons. The van der Waals surface area contributed by atoms with Crippen LogP contribution in [0.15, 0.2) is 16.7 Å². The van der Waals surface area contributed by atoms with E-state index >= 15 is 0 Å². The lowest BCUT2D eigenvalue weighted by Crippen LogP contribution is -2.30. The van der Waals surface area contributed by atoms with Crippen molar-refractivity contribution in [3.8, 4) is 5.88 Å². The van der Waals surface area contributed by atoms with E-state index in [0.717, 1.165) is 25.9 Å². The van der Waals surface area contributed by atoms with E-state index in [1.807, 2.05) is 0 Å². The van der Waals surface area contributed by atoms with Gasteiger partial charge in [-0.15, -0.1) is 0 Å². The molecule has 0 bridgehead atoms. The van der Waals surface area contributed by atoms with Crippen LogP contribution in [0.5, 0.6) is 5.88 Å². The van der Waals surface area contributed by atoms with Crippen LogP contribution in [0.1, 0.15) is 23.2 Å². The molecule has 0 aliphatic carbocycles. The average molecular weight is 315 g/mol. The Kier molecular flexibility index (Phi) is 4.54. The third-order valence-electron chi connectivity index (χ3n) is 2.97. The van der Waals surface area contributed by atoms with E-state index in [-0.39, 0.29) is 5.56 Å². The largest absolute Gasteiger partial charge is 0.478 e. The standard InChI is InChI=1S/C12H15BrN2O3/c13-10-5-9(12(16)17)6-15-11(10)18-7-8-1-3-14-4-2-8/h5-6,8,14H,1-4,7H2,(H,16,17). The van der Waals surface area contributed by atoms with E-state index in [9.17, 15) is 4.79 Å². The van der Waals surface area contributed by atoms with Crippen molar-refractivity contribution < 1.29 is 14.6 Å². The number of rotatable bonds is 4. The molecule has 0 saturated carbocycles. The molecule has 98 valence electrons. The molecule has 0 unspecified atom stereocenters. The highest BCUT2D eigenvalue weighted by Crippen LogP contribution is 2.24. The SMILES string of the molecule is O=C(O)c1cnc(OCC2CCNCC2)c(Br)c1. The van der Waals surface area contributed by atoms with Crippen LogP contribution in [0.25, 0.3) is 0 Å². The normalized spacial score (nSPS) is 16.5. The molecule has 1 aromatic rings. The molecule has 2 rings (SSSR count). The topological polar surface area (TPSA) is 71.5 Å². The minimum atomic E-state index is -0.992. The molecule has 1 aromatic heterocycles. The van der Waals surface area contributed by atoms with Gasteiger partial charge in [0.2, 0.25) is 5.88 Å². The molecule has 1 aliphatic rings. The van der Waals surface area contributed by atoms with Crippen LogP contribution < -0.4 is 10.1 Å². The van der Waals surface area contributed by atoms with Crippen molar-refractivity contribution in [3.63, 3.8) is 0 Å². The minimum absolute atomic E-state index is 0.149. The van der Waals surface area contributed by atoms with E-state index in [1.54, 1.807) is 0 Å². The zero-order valence-electron chi connectivity index (χ0n) is 9.86. The monoisotopic (exact) mass is 314 g/mol. The molecule has 1 fully saturated rings. The molecule has 0 amide bonds. The molecule has 1 saturated heterocycles. The molecular formula is C12H15BrN2O3. The van der Waals surface area contributed by atoms with Crippen LogP contribution in [0.3, 0.4) is 0 Å². The molecule has 2 heterocycles. The number of hydrogen-bond donors (Lipinski definition) is 2. The van der Waals surface area contributed by atoms with Crippen molar-refractivity contribution in [1.29, 1.82) is 0 Å². The second-order valence-corrected chi connectivity index (χ2v) is 5.17. The maximum Gasteiger partial charge on any atom is 0.337 e. The first kappa shape index (κ1) is 13.3. The lowest BCUT2D eigenvalue weighted by atomic mass is 9.99. The number of hydrogen-bond acceptors (Lipinski definition) is 4. The molecule has 0 atom stereocenters. The van der Waals surface area contributed by atoms with Crippen molar-refractivity contribution in [1.82, 2.24) is 10.3 Å². The number of carbonyl (C=O) groups is 1. The van der Waals surface area contributed by atoms with Gasteiger partial charge in [0.1, 0.15) is 0 Å². The van der Waals surface area contributed by atoms with Crippen molar-refractivity contribution in [2.75, 3.05) is 19.7 Å². The molecule has 2 N–H and O–H groups in total. The van der Waals surface area contributed by atoms with Gasteiger partial charge in [-0.05, 0) is 53.8 Å². The highest BCUT2D eigenvalue weighted by molar-refractivity contribution is 9.10. The fourth-order valence-electron chi connectivity index (χ4n) is 1.89. The lowest BCUT2D eigenvalue weighted by Gasteiger charge is -2.22. The van der Waals surface area contributed by atoms with Gasteiger partial charge in [-0.3, -0.25) is 0 Å². The van der Waals surface area contributed by atoms with Crippen molar-refractivity contribution >= 4 is 21.9 Å². The Morgan fingerprint density at radius 2 is 2.28 bits per heavy atom. The predicted octanol–water partition coefficient (Wildman–Crippen LogP) is 1.92. The van der Waals surface area contributed by atoms with Crippen molar-refractivity contribution in [3.05, 3.63) is 22.3 Å². The van der Waals surface area contributed by atoms with Gasteiger partial charge in [-0.2, -0.15) is 0 Å². The Hall–Kier alpha value is -1.14. The number of aromatic carboxylic acids is 1. The second kappa shape index (κ2) is 6.15. The van der Waals surface area contributed by atoms with Gasteiger partial charge < -0.3 is 15.2 Å². The molecule has 0 spiro atoms. The molecule has 18 heavy (non-hydrogen) atoms. The van der Waals surface area contributed by atoms with Crippen molar-refractivity contribution in [2.45, 2.75) is 12.8 Å². The molecular weight excluding hydrogens is 300 g/mol. The van der Waals surface area contributed by atoms with Gasteiger partial charge in [-0.1, -0.05) is 0 Å². The maximum atomic E-state index is 10.8. The Balaban J connectivity index is 1.94. The minimum Gasteiger partial charge on any atom is -0.478 e. The fraction of sp³-hybridized carbons (Fsp3) is 0.500. The number of aromatic nitrogens is 1. The van der Waals surface area contributed by atoms with Gasteiger partial charge in [0.05, 0.1) is 16.6 Å². The number of ether oxygens (including phenoxy) is 1. The van der Waals surface area contributed by atoms with E-state index < -0.39 is 5.97 Å². The first-order chi connectivity index (χ1) is 8.66. The maximum absolute atomic E-state index is 10.8. The third-order valence-corrected chi connectivity index (χ3v) is 3.54. The number of carboxylic acid groups (broad SMARTS) is 1. The summed E-state index contributed by atoms with van der Waals surface area (Å²) in [4.78, 5) is 14.8. The quantitative estimate of drug-likeness (QED) is 0.888. The number of piperidine rings is 1. The highest BCUT2D eigenvalue weighted by Gasteiger charge is 2.15. The Labute approximate surface area is 114 Å². The van der Waals surface area contributed by atoms with Gasteiger partial charge in [0.25, 0.3) is 0 Å². The third kappa shape index (κ3) is 3.43. The van der Waals surface area contributed by atoms with Crippen LogP contribution >= 0.6 is 15.9 Å². The summed E-state index contributed by atoms with van der Waals surface area (Å²) in [5, 5.41) is 12.1. The van der Waals surface area contributed by atoms with Crippen LogP contribution in [0, 0.1) is 5.92 Å². The highest BCUT2D eigenvalue weighted by atomic mass is 79.9. The van der Waals surface area contributed by atoms with E-state index in [0.29, 0.717) is 22.9 Å². The first-order valence-electron chi connectivity index (χ1n) is 5.89. The van der Waals surface area contributed by atoms with E-state index in [2.05, 4.69) is 26.2 Å². The summed E-state index contributed by atoms with van der Waals surface area (Å²) in [6.45, 7) is 2.68. The number of pyridine rings is 1. The molecule has 6 heteroatoms. The summed E-state index contributed by atoms with van der Waals surface area (Å²) in [6.07, 6.45) is 3.51. The van der Waals surface area contributed by atoms with E-state index in [1.165, 1.54) is 12.3 Å². The van der Waals surface area contributed by atoms with Crippen LogP contribution in [-0.4, -0.2) is 35.8 Å². The molecule has 1 aliphatic heterocycles. The second-order valence-electron chi connectivity index (χ2n) is 4.32. The average Bonchev–Trinajstić information content (AvgIpc) is 2.38. The van der Waals surface area contributed by atoms with Crippen LogP contribution in [0.4, 0.5) is 0 Å². The smallest absolute Gasteiger partial charge is 0.337 e. The number of halogens is 1. The van der Waals surface area contributed by atoms with Crippen molar-refractivity contribution in [2.24, 2.45) is 5.92 Å². The summed E-state index contributed by atoms with van der Waals surface area (Å²) < 4.78 is 6.21. The van der Waals surface area contributed by atoms with Gasteiger partial charge in [0, 0.05) is 6.20 Å². The summed E-state index contributed by atoms with van der Waals surface area (Å²) in [5.41, 5.74) is 0.149.